The monoisotopic (exact) mass is 228 g/mol. The van der Waals surface area contributed by atoms with Crippen LogP contribution in [0.3, 0.4) is 0 Å². The molecule has 6 heteroatoms. The molecule has 14 heavy (non-hydrogen) atoms. The maximum atomic E-state index is 8.74. The van der Waals surface area contributed by atoms with Crippen LogP contribution in [0.4, 0.5) is 0 Å². The van der Waals surface area contributed by atoms with Gasteiger partial charge in [0, 0.05) is 0 Å². The second-order valence-corrected chi connectivity index (χ2v) is 3.50. The van der Waals surface area contributed by atoms with Gasteiger partial charge < -0.3 is 1.43 Å². The van der Waals surface area contributed by atoms with Gasteiger partial charge in [0.15, 0.2) is 0 Å². The molecule has 0 aliphatic heterocycles. The first kappa shape index (κ1) is 16.5. The van der Waals surface area contributed by atoms with Crippen LogP contribution >= 0.6 is 0 Å². The molecule has 0 atom stereocenters. The van der Waals surface area contributed by atoms with Crippen LogP contribution in [0.15, 0.2) is 24.3 Å². The zero-order valence-electron chi connectivity index (χ0n) is 9.43. The Hall–Kier alpha value is 0.0900. The molecule has 76 valence electrons. The maximum Gasteiger partial charge on any atom is 1.00 e. The second kappa shape index (κ2) is 7.39. The van der Waals surface area contributed by atoms with Gasteiger partial charge in [-0.25, -0.2) is 0 Å². The average molecular weight is 228 g/mol. The third-order valence-electron chi connectivity index (χ3n) is 1.22. The largest absolute Gasteiger partial charge is 1.00 e. The Bertz CT molecular complexity index is 320. The summed E-state index contributed by atoms with van der Waals surface area (Å²) >= 11 is 0. The fourth-order valence-corrected chi connectivity index (χ4v) is 0.637. The fourth-order valence-electron chi connectivity index (χ4n) is 0.637. The van der Waals surface area contributed by atoms with Crippen LogP contribution in [-0.4, -0.2) is 17.5 Å². The molecule has 0 unspecified atom stereocenters. The van der Waals surface area contributed by atoms with Gasteiger partial charge in [-0.3, -0.25) is 9.11 Å². The number of hydrogen-bond donors (Lipinski definition) is 2. The molecule has 4 nitrogen and oxygen atoms in total. The van der Waals surface area contributed by atoms with Crippen molar-refractivity contribution in [2.24, 2.45) is 0 Å². The summed E-state index contributed by atoms with van der Waals surface area (Å²) in [4.78, 5) is 0. The Balaban J connectivity index is -0.000000185. The van der Waals surface area contributed by atoms with Crippen molar-refractivity contribution in [2.45, 2.75) is 13.8 Å². The molecule has 1 aromatic rings. The summed E-state index contributed by atoms with van der Waals surface area (Å²) < 4.78 is 31.6. The number of rotatable bonds is 0. The molecule has 1 rings (SSSR count). The van der Waals surface area contributed by atoms with E-state index in [2.05, 4.69) is 38.1 Å². The van der Waals surface area contributed by atoms with Crippen LogP contribution in [0.2, 0.25) is 0 Å². The van der Waals surface area contributed by atoms with Gasteiger partial charge in [-0.15, -0.1) is 0 Å². The van der Waals surface area contributed by atoms with E-state index >= 15 is 0 Å². The number of hydrogen-bond acceptors (Lipinski definition) is 2. The summed E-state index contributed by atoms with van der Waals surface area (Å²) in [5.74, 6) is 0. The van der Waals surface area contributed by atoms with Gasteiger partial charge in [0.2, 0.25) is 0 Å². The number of benzene rings is 1. The van der Waals surface area contributed by atoms with E-state index < -0.39 is 10.4 Å². The van der Waals surface area contributed by atoms with Crippen molar-refractivity contribution in [1.82, 2.24) is 0 Å². The van der Waals surface area contributed by atoms with Crippen molar-refractivity contribution in [3.8, 4) is 0 Å². The van der Waals surface area contributed by atoms with Crippen molar-refractivity contribution in [1.29, 1.82) is 0 Å². The summed E-state index contributed by atoms with van der Waals surface area (Å²) in [6, 6.07) is 8.48. The molecule has 0 saturated carbocycles. The van der Waals surface area contributed by atoms with Crippen LogP contribution in [0.5, 0.6) is 0 Å². The first-order valence-electron chi connectivity index (χ1n) is 3.52. The number of aryl methyl sites for hydroxylation is 2. The molecule has 0 heterocycles. The van der Waals surface area contributed by atoms with Crippen LogP contribution in [0.1, 0.15) is 12.6 Å². The van der Waals surface area contributed by atoms with E-state index in [4.69, 9.17) is 17.5 Å². The molecule has 0 spiro atoms. The topological polar surface area (TPSA) is 74.6 Å². The van der Waals surface area contributed by atoms with E-state index in [-0.39, 0.29) is 31.0 Å². The Labute approximate surface area is 108 Å². The van der Waals surface area contributed by atoms with Crippen LogP contribution in [-0.2, 0) is 10.4 Å². The van der Waals surface area contributed by atoms with Gasteiger partial charge in [0.05, 0.1) is 0 Å². The van der Waals surface area contributed by atoms with Crippen molar-refractivity contribution in [2.75, 3.05) is 0 Å². The van der Waals surface area contributed by atoms with Gasteiger partial charge in [-0.05, 0) is 13.8 Å². The smallest absolute Gasteiger partial charge is 1.00 e. The van der Waals surface area contributed by atoms with Gasteiger partial charge in [0.25, 0.3) is 0 Å². The molecule has 1 aromatic carbocycles. The first-order chi connectivity index (χ1) is 5.79. The van der Waals surface area contributed by atoms with E-state index in [1.807, 2.05) is 0 Å². The fraction of sp³-hybridized carbons (Fsp3) is 0.250. The molecule has 0 aliphatic carbocycles. The van der Waals surface area contributed by atoms with Crippen molar-refractivity contribution in [3.63, 3.8) is 0 Å². The Kier molecular flexibility index (Phi) is 8.72. The minimum Gasteiger partial charge on any atom is -1.00 e. The summed E-state index contributed by atoms with van der Waals surface area (Å²) in [6.07, 6.45) is 0. The quantitative estimate of drug-likeness (QED) is 0.430. The molecule has 0 amide bonds. The molecule has 0 aliphatic rings. The Morgan fingerprint density at radius 3 is 1.29 bits per heavy atom. The average Bonchev–Trinajstić information content (AvgIpc) is 1.92. The molecule has 2 N–H and O–H groups in total. The van der Waals surface area contributed by atoms with Gasteiger partial charge in [-0.2, -0.15) is 8.42 Å². The zero-order valence-corrected chi connectivity index (χ0v) is 11.2. The van der Waals surface area contributed by atoms with Crippen molar-refractivity contribution in [3.05, 3.63) is 35.4 Å². The Morgan fingerprint density at radius 2 is 1.14 bits per heavy atom. The van der Waals surface area contributed by atoms with Gasteiger partial charge >= 0.3 is 40.0 Å². The molecule has 0 fully saturated rings. The Morgan fingerprint density at radius 1 is 1.00 bits per heavy atom. The van der Waals surface area contributed by atoms with E-state index in [1.54, 1.807) is 0 Å². The van der Waals surface area contributed by atoms with E-state index in [0.717, 1.165) is 0 Å². The van der Waals surface area contributed by atoms with Crippen LogP contribution < -0.4 is 29.6 Å². The molecule has 0 saturated heterocycles. The molecule has 0 radical (unpaired) electrons. The van der Waals surface area contributed by atoms with E-state index in [9.17, 15) is 0 Å². The second-order valence-electron chi connectivity index (χ2n) is 2.60. The summed E-state index contributed by atoms with van der Waals surface area (Å²) in [6.45, 7) is 4.19. The van der Waals surface area contributed by atoms with Gasteiger partial charge in [-0.1, -0.05) is 35.4 Å². The normalized spacial score (nSPS) is 9.43. The standard InChI is InChI=1S/C8H10.Na.H2O4S.H/c1-7-3-5-8(2)6-4-7;;1-5(2,3)4;/h3-6H,1-2H3;;(H2,1,2,3,4);/q;+1;;-1. The van der Waals surface area contributed by atoms with E-state index in [1.165, 1.54) is 11.1 Å². The molecule has 0 bridgehead atoms. The van der Waals surface area contributed by atoms with Crippen molar-refractivity contribution >= 4 is 10.4 Å². The van der Waals surface area contributed by atoms with E-state index in [0.29, 0.717) is 0 Å². The predicted octanol–water partition coefficient (Wildman–Crippen LogP) is -1.23. The summed E-state index contributed by atoms with van der Waals surface area (Å²) in [5.41, 5.74) is 2.66. The minimum absolute atomic E-state index is 0. The van der Waals surface area contributed by atoms with Crippen LogP contribution in [0, 0.1) is 13.8 Å². The third kappa shape index (κ3) is 14.6. The van der Waals surface area contributed by atoms with Crippen molar-refractivity contribution < 1.29 is 48.5 Å². The summed E-state index contributed by atoms with van der Waals surface area (Å²) in [5, 5.41) is 0. The maximum absolute atomic E-state index is 8.74. The minimum atomic E-state index is -4.67. The summed E-state index contributed by atoms with van der Waals surface area (Å²) in [7, 11) is -4.67. The zero-order chi connectivity index (χ0) is 10.5. The SMILES string of the molecule is Cc1ccc(C)cc1.O=S(=O)(O)O.[H-].[Na+]. The van der Waals surface area contributed by atoms with Gasteiger partial charge in [0.1, 0.15) is 0 Å². The molecular weight excluding hydrogens is 215 g/mol. The molecule has 0 aromatic heterocycles. The third-order valence-corrected chi connectivity index (χ3v) is 1.22. The predicted molar refractivity (Wildman–Crippen MR) is 51.2 cm³/mol. The molecular formula is C8H13NaO4S. The first-order valence-corrected chi connectivity index (χ1v) is 4.92. The van der Waals surface area contributed by atoms with Crippen LogP contribution in [0.25, 0.3) is 0 Å².